The van der Waals surface area contributed by atoms with Crippen molar-refractivity contribution in [1.82, 2.24) is 10.2 Å². The number of rotatable bonds is 14. The maximum Gasteiger partial charge on any atom is 0.222 e. The number of ether oxygens (including phenoxy) is 2. The van der Waals surface area contributed by atoms with Gasteiger partial charge in [-0.1, -0.05) is 23.7 Å². The molecule has 0 spiro atoms. The Bertz CT molecular complexity index is 817. The van der Waals surface area contributed by atoms with Crippen LogP contribution in [-0.4, -0.2) is 69.5 Å². The molecule has 210 valence electrons. The summed E-state index contributed by atoms with van der Waals surface area (Å²) in [6.07, 6.45) is 10.9. The maximum absolute atomic E-state index is 13.5. The average molecular weight is 537 g/mol. The van der Waals surface area contributed by atoms with Crippen LogP contribution in [0.3, 0.4) is 0 Å². The molecule has 6 nitrogen and oxygen atoms in total. The van der Waals surface area contributed by atoms with Gasteiger partial charge in [-0.25, -0.2) is 0 Å². The summed E-state index contributed by atoms with van der Waals surface area (Å²) in [4.78, 5) is 15.6. The molecule has 2 N–H and O–H groups in total. The van der Waals surface area contributed by atoms with Crippen LogP contribution >= 0.6 is 11.6 Å². The first-order valence-electron chi connectivity index (χ1n) is 14.3. The fourth-order valence-electron chi connectivity index (χ4n) is 6.55. The number of carbonyl (C=O) groups is 1. The van der Waals surface area contributed by atoms with Gasteiger partial charge in [0.1, 0.15) is 0 Å². The predicted molar refractivity (Wildman–Crippen MR) is 150 cm³/mol. The Morgan fingerprint density at radius 3 is 2.68 bits per heavy atom. The van der Waals surface area contributed by atoms with Crippen molar-refractivity contribution in [2.75, 3.05) is 47.5 Å². The molecule has 0 bridgehead atoms. The normalized spacial score (nSPS) is 25.0. The highest BCUT2D eigenvalue weighted by Gasteiger charge is 2.41. The van der Waals surface area contributed by atoms with E-state index in [1.165, 1.54) is 12.8 Å². The van der Waals surface area contributed by atoms with Crippen molar-refractivity contribution in [3.63, 3.8) is 0 Å². The van der Waals surface area contributed by atoms with Crippen molar-refractivity contribution in [1.29, 1.82) is 0 Å². The number of unbranched alkanes of at least 4 members (excludes halogenated alkanes) is 1. The number of aliphatic hydroxyl groups is 1. The SMILES string of the molecule is CNC[C@@H](CC(=O)N1CCC[C@@H]([C@@](O)(CCCCOC)c2cccc(Cl)c2)C1)CC1CCC(OC)CC1. The van der Waals surface area contributed by atoms with Gasteiger partial charge in [-0.05, 0) is 107 Å². The molecule has 1 amide bonds. The molecule has 0 aromatic heterocycles. The van der Waals surface area contributed by atoms with Crippen molar-refractivity contribution in [2.45, 2.75) is 82.3 Å². The highest BCUT2D eigenvalue weighted by molar-refractivity contribution is 6.30. The van der Waals surface area contributed by atoms with E-state index in [2.05, 4.69) is 5.32 Å². The highest BCUT2D eigenvalue weighted by Crippen LogP contribution is 2.41. The Balaban J connectivity index is 1.65. The van der Waals surface area contributed by atoms with Crippen LogP contribution in [-0.2, 0) is 19.9 Å². The van der Waals surface area contributed by atoms with Gasteiger partial charge in [0.15, 0.2) is 0 Å². The highest BCUT2D eigenvalue weighted by atomic mass is 35.5. The topological polar surface area (TPSA) is 71.0 Å². The van der Waals surface area contributed by atoms with Gasteiger partial charge in [0, 0.05) is 51.3 Å². The minimum absolute atomic E-state index is 0.0155. The van der Waals surface area contributed by atoms with E-state index in [0.29, 0.717) is 49.0 Å². The number of halogens is 1. The molecule has 3 rings (SSSR count). The van der Waals surface area contributed by atoms with Crippen molar-refractivity contribution in [2.24, 2.45) is 17.8 Å². The molecular formula is C30H49ClN2O4. The number of nitrogens with one attached hydrogen (secondary N) is 1. The van der Waals surface area contributed by atoms with E-state index in [-0.39, 0.29) is 11.8 Å². The molecule has 2 aliphatic rings. The summed E-state index contributed by atoms with van der Waals surface area (Å²) in [6, 6.07) is 7.62. The summed E-state index contributed by atoms with van der Waals surface area (Å²) in [5.74, 6) is 1.22. The smallest absolute Gasteiger partial charge is 0.222 e. The predicted octanol–water partition coefficient (Wildman–Crippen LogP) is 5.40. The second-order valence-corrected chi connectivity index (χ2v) is 11.7. The molecule has 1 aromatic rings. The molecule has 1 aliphatic carbocycles. The molecule has 0 radical (unpaired) electrons. The minimum atomic E-state index is -1.01. The summed E-state index contributed by atoms with van der Waals surface area (Å²) < 4.78 is 10.8. The van der Waals surface area contributed by atoms with E-state index in [4.69, 9.17) is 21.1 Å². The third-order valence-electron chi connectivity index (χ3n) is 8.68. The van der Waals surface area contributed by atoms with Gasteiger partial charge >= 0.3 is 0 Å². The van der Waals surface area contributed by atoms with E-state index in [0.717, 1.165) is 63.6 Å². The van der Waals surface area contributed by atoms with Gasteiger partial charge in [-0.3, -0.25) is 4.79 Å². The number of amides is 1. The van der Waals surface area contributed by atoms with Gasteiger partial charge < -0.3 is 24.8 Å². The van der Waals surface area contributed by atoms with E-state index in [9.17, 15) is 9.90 Å². The fraction of sp³-hybridized carbons (Fsp3) is 0.767. The van der Waals surface area contributed by atoms with Crippen LogP contribution in [0.25, 0.3) is 0 Å². The van der Waals surface area contributed by atoms with E-state index in [1.54, 1.807) is 7.11 Å². The van der Waals surface area contributed by atoms with Gasteiger partial charge in [0.05, 0.1) is 11.7 Å². The third kappa shape index (κ3) is 8.93. The molecule has 1 heterocycles. The van der Waals surface area contributed by atoms with Crippen molar-refractivity contribution < 1.29 is 19.4 Å². The molecular weight excluding hydrogens is 488 g/mol. The molecule has 0 unspecified atom stereocenters. The van der Waals surface area contributed by atoms with Gasteiger partial charge in [0.2, 0.25) is 5.91 Å². The minimum Gasteiger partial charge on any atom is -0.385 e. The zero-order valence-corrected chi connectivity index (χ0v) is 24.0. The third-order valence-corrected chi connectivity index (χ3v) is 8.92. The molecule has 3 atom stereocenters. The van der Waals surface area contributed by atoms with E-state index in [1.807, 2.05) is 43.3 Å². The van der Waals surface area contributed by atoms with Crippen LogP contribution in [0.2, 0.25) is 5.02 Å². The first kappa shape index (κ1) is 30.4. The summed E-state index contributed by atoms with van der Waals surface area (Å²) in [6.45, 7) is 2.91. The Morgan fingerprint density at radius 1 is 1.22 bits per heavy atom. The quantitative estimate of drug-likeness (QED) is 0.311. The summed E-state index contributed by atoms with van der Waals surface area (Å²) in [7, 11) is 5.50. The van der Waals surface area contributed by atoms with E-state index < -0.39 is 5.60 Å². The van der Waals surface area contributed by atoms with Crippen molar-refractivity contribution in [3.05, 3.63) is 34.9 Å². The lowest BCUT2D eigenvalue weighted by molar-refractivity contribution is -0.138. The monoisotopic (exact) mass is 536 g/mol. The number of methoxy groups -OCH3 is 2. The Kier molecular flexibility index (Phi) is 12.7. The molecule has 1 aromatic carbocycles. The zero-order valence-electron chi connectivity index (χ0n) is 23.2. The number of carbonyl (C=O) groups excluding carboxylic acids is 1. The van der Waals surface area contributed by atoms with Gasteiger partial charge in [-0.2, -0.15) is 0 Å². The molecule has 1 saturated carbocycles. The second-order valence-electron chi connectivity index (χ2n) is 11.3. The average Bonchev–Trinajstić information content (AvgIpc) is 2.91. The summed E-state index contributed by atoms with van der Waals surface area (Å²) in [5.41, 5.74) is -0.154. The Hall–Kier alpha value is -1.18. The summed E-state index contributed by atoms with van der Waals surface area (Å²) >= 11 is 6.33. The number of hydrogen-bond acceptors (Lipinski definition) is 5. The van der Waals surface area contributed by atoms with Gasteiger partial charge in [0.25, 0.3) is 0 Å². The summed E-state index contributed by atoms with van der Waals surface area (Å²) in [5, 5.41) is 16.0. The molecule has 7 heteroatoms. The van der Waals surface area contributed by atoms with Crippen LogP contribution in [0.5, 0.6) is 0 Å². The number of nitrogens with zero attached hydrogens (tertiary/aromatic N) is 1. The number of piperidine rings is 1. The van der Waals surface area contributed by atoms with Crippen LogP contribution in [0.1, 0.15) is 76.2 Å². The Morgan fingerprint density at radius 2 is 2.00 bits per heavy atom. The molecule has 2 fully saturated rings. The Labute approximate surface area is 229 Å². The van der Waals surface area contributed by atoms with Crippen molar-refractivity contribution >= 4 is 17.5 Å². The maximum atomic E-state index is 13.5. The lowest BCUT2D eigenvalue weighted by Crippen LogP contribution is -2.48. The van der Waals surface area contributed by atoms with Crippen LogP contribution in [0.4, 0.5) is 0 Å². The largest absolute Gasteiger partial charge is 0.385 e. The van der Waals surface area contributed by atoms with Crippen LogP contribution in [0, 0.1) is 17.8 Å². The number of likely N-dealkylation sites (tertiary alicyclic amines) is 1. The van der Waals surface area contributed by atoms with Crippen LogP contribution < -0.4 is 5.32 Å². The lowest BCUT2D eigenvalue weighted by Gasteiger charge is -2.43. The lowest BCUT2D eigenvalue weighted by atomic mass is 9.74. The molecule has 37 heavy (non-hydrogen) atoms. The zero-order chi connectivity index (χ0) is 26.7. The number of hydrogen-bond donors (Lipinski definition) is 2. The molecule has 1 saturated heterocycles. The molecule has 1 aliphatic heterocycles. The first-order valence-corrected chi connectivity index (χ1v) is 14.7. The van der Waals surface area contributed by atoms with Crippen LogP contribution in [0.15, 0.2) is 24.3 Å². The fourth-order valence-corrected chi connectivity index (χ4v) is 6.74. The number of benzene rings is 1. The van der Waals surface area contributed by atoms with E-state index >= 15 is 0 Å². The van der Waals surface area contributed by atoms with Crippen molar-refractivity contribution in [3.8, 4) is 0 Å². The second kappa shape index (κ2) is 15.4. The van der Waals surface area contributed by atoms with Gasteiger partial charge in [-0.15, -0.1) is 0 Å². The standard InChI is InChI=1S/C30H49ClN2O4/c1-32-21-24(18-23-11-13-28(37-3)14-12-23)19-29(34)33-16-7-9-26(22-33)30(35,15-4-5-17-36-2)25-8-6-10-27(31)20-25/h6,8,10,20,23-24,26,28,32,35H,4-5,7,9,11-19,21-22H2,1-3H3/t23?,24-,26-,28?,30-/m1/s1. The first-order chi connectivity index (χ1) is 17.9.